The summed E-state index contributed by atoms with van der Waals surface area (Å²) < 4.78 is 5.49. The maximum Gasteiger partial charge on any atom is 0.209 e. The summed E-state index contributed by atoms with van der Waals surface area (Å²) in [6, 6.07) is 0. The van der Waals surface area contributed by atoms with Gasteiger partial charge in [0.25, 0.3) is 0 Å². The largest absolute Gasteiger partial charge is 0.375 e. The highest BCUT2D eigenvalue weighted by atomic mass is 16.5. The number of likely N-dealkylation sites (tertiary alicyclic amines) is 1. The first kappa shape index (κ1) is 8.01. The number of hydrogen-bond acceptors (Lipinski definition) is 3. The Morgan fingerprint density at radius 3 is 3.17 bits per heavy atom. The lowest BCUT2D eigenvalue weighted by atomic mass is 9.95. The Balaban J connectivity index is 2.14. The van der Waals surface area contributed by atoms with Crippen molar-refractivity contribution in [1.82, 2.24) is 10.2 Å². The topological polar surface area (TPSA) is 41.6 Å². The van der Waals surface area contributed by atoms with Gasteiger partial charge in [-0.3, -0.25) is 4.79 Å². The SMILES string of the molecule is CO[C@]12CNC[C@@H]1CN(C=O)C2. The molecule has 2 fully saturated rings. The molecule has 2 aliphatic heterocycles. The van der Waals surface area contributed by atoms with E-state index in [0.717, 1.165) is 32.6 Å². The second-order valence-electron chi connectivity index (χ2n) is 3.63. The van der Waals surface area contributed by atoms with Crippen molar-refractivity contribution in [2.24, 2.45) is 5.92 Å². The minimum atomic E-state index is -0.0963. The van der Waals surface area contributed by atoms with Gasteiger partial charge in [0.1, 0.15) is 5.60 Å². The number of amides is 1. The smallest absolute Gasteiger partial charge is 0.209 e. The minimum Gasteiger partial charge on any atom is -0.375 e. The molecule has 1 amide bonds. The zero-order chi connectivity index (χ0) is 8.60. The quantitative estimate of drug-likeness (QED) is 0.544. The average molecular weight is 170 g/mol. The first-order chi connectivity index (χ1) is 5.80. The molecule has 4 heteroatoms. The van der Waals surface area contributed by atoms with Crippen LogP contribution in [0.5, 0.6) is 0 Å². The standard InChI is InChI=1S/C8H14N2O2/c1-12-8-4-9-2-7(8)3-10(5-8)6-11/h6-7,9H,2-5H2,1H3/t7-,8+/m1/s1. The summed E-state index contributed by atoms with van der Waals surface area (Å²) >= 11 is 0. The van der Waals surface area contributed by atoms with Crippen LogP contribution in [0.15, 0.2) is 0 Å². The van der Waals surface area contributed by atoms with E-state index in [4.69, 9.17) is 4.74 Å². The number of carbonyl (C=O) groups excluding carboxylic acids is 1. The number of nitrogens with zero attached hydrogens (tertiary/aromatic N) is 1. The molecule has 12 heavy (non-hydrogen) atoms. The first-order valence-electron chi connectivity index (χ1n) is 4.26. The second kappa shape index (κ2) is 2.71. The maximum absolute atomic E-state index is 10.5. The van der Waals surface area contributed by atoms with Gasteiger partial charge in [-0.2, -0.15) is 0 Å². The van der Waals surface area contributed by atoms with Crippen molar-refractivity contribution in [2.75, 3.05) is 33.3 Å². The van der Waals surface area contributed by atoms with Gasteiger partial charge in [0.05, 0.1) is 6.54 Å². The molecule has 68 valence electrons. The van der Waals surface area contributed by atoms with Crippen molar-refractivity contribution in [2.45, 2.75) is 5.60 Å². The van der Waals surface area contributed by atoms with E-state index in [-0.39, 0.29) is 5.60 Å². The van der Waals surface area contributed by atoms with Crippen LogP contribution in [-0.2, 0) is 9.53 Å². The van der Waals surface area contributed by atoms with Crippen LogP contribution in [0, 0.1) is 5.92 Å². The second-order valence-corrected chi connectivity index (χ2v) is 3.63. The third-order valence-corrected chi connectivity index (χ3v) is 3.04. The van der Waals surface area contributed by atoms with E-state index in [9.17, 15) is 4.79 Å². The molecule has 0 aromatic carbocycles. The van der Waals surface area contributed by atoms with Gasteiger partial charge in [0, 0.05) is 32.7 Å². The van der Waals surface area contributed by atoms with E-state index in [0.29, 0.717) is 5.92 Å². The van der Waals surface area contributed by atoms with Crippen LogP contribution in [0.3, 0.4) is 0 Å². The van der Waals surface area contributed by atoms with Gasteiger partial charge >= 0.3 is 0 Å². The van der Waals surface area contributed by atoms with Gasteiger partial charge in [0.2, 0.25) is 6.41 Å². The number of ether oxygens (including phenoxy) is 1. The van der Waals surface area contributed by atoms with Gasteiger partial charge < -0.3 is 15.0 Å². The van der Waals surface area contributed by atoms with E-state index in [2.05, 4.69) is 5.32 Å². The number of carbonyl (C=O) groups is 1. The summed E-state index contributed by atoms with van der Waals surface area (Å²) in [4.78, 5) is 12.3. The lowest BCUT2D eigenvalue weighted by molar-refractivity contribution is -0.118. The van der Waals surface area contributed by atoms with Crippen LogP contribution in [0.4, 0.5) is 0 Å². The summed E-state index contributed by atoms with van der Waals surface area (Å²) in [5.74, 6) is 0.479. The molecule has 1 N–H and O–H groups in total. The fraction of sp³-hybridized carbons (Fsp3) is 0.875. The van der Waals surface area contributed by atoms with Crippen LogP contribution in [0.25, 0.3) is 0 Å². The van der Waals surface area contributed by atoms with E-state index in [1.807, 2.05) is 0 Å². The van der Waals surface area contributed by atoms with Crippen LogP contribution in [0.2, 0.25) is 0 Å². The summed E-state index contributed by atoms with van der Waals surface area (Å²) in [5, 5.41) is 3.29. The van der Waals surface area contributed by atoms with Crippen molar-refractivity contribution in [3.63, 3.8) is 0 Å². The van der Waals surface area contributed by atoms with Gasteiger partial charge in [-0.1, -0.05) is 0 Å². The first-order valence-corrected chi connectivity index (χ1v) is 4.26. The fourth-order valence-electron chi connectivity index (χ4n) is 2.28. The monoisotopic (exact) mass is 170 g/mol. The molecular weight excluding hydrogens is 156 g/mol. The zero-order valence-corrected chi connectivity index (χ0v) is 7.25. The van der Waals surface area contributed by atoms with Gasteiger partial charge in [-0.05, 0) is 0 Å². The van der Waals surface area contributed by atoms with E-state index in [1.54, 1.807) is 12.0 Å². The Morgan fingerprint density at radius 1 is 1.75 bits per heavy atom. The lowest BCUT2D eigenvalue weighted by Crippen LogP contribution is -2.41. The van der Waals surface area contributed by atoms with E-state index < -0.39 is 0 Å². The Bertz CT molecular complexity index is 197. The highest BCUT2D eigenvalue weighted by Gasteiger charge is 2.49. The Labute approximate surface area is 71.9 Å². The molecule has 0 bridgehead atoms. The van der Waals surface area contributed by atoms with E-state index in [1.165, 1.54) is 0 Å². The normalized spacial score (nSPS) is 40.1. The number of methoxy groups -OCH3 is 1. The Hall–Kier alpha value is -0.610. The summed E-state index contributed by atoms with van der Waals surface area (Å²) in [6.45, 7) is 3.42. The van der Waals surface area contributed by atoms with Crippen LogP contribution in [0.1, 0.15) is 0 Å². The molecule has 2 saturated heterocycles. The highest BCUT2D eigenvalue weighted by molar-refractivity contribution is 5.48. The lowest BCUT2D eigenvalue weighted by Gasteiger charge is -2.25. The maximum atomic E-state index is 10.5. The fourth-order valence-corrected chi connectivity index (χ4v) is 2.28. The zero-order valence-electron chi connectivity index (χ0n) is 7.25. The summed E-state index contributed by atoms with van der Waals surface area (Å²) in [5.41, 5.74) is -0.0963. The molecular formula is C8H14N2O2. The predicted molar refractivity (Wildman–Crippen MR) is 43.7 cm³/mol. The van der Waals surface area contributed by atoms with Crippen molar-refractivity contribution < 1.29 is 9.53 Å². The summed E-state index contributed by atoms with van der Waals surface area (Å²) in [6.07, 6.45) is 0.916. The number of nitrogens with one attached hydrogen (secondary N) is 1. The minimum absolute atomic E-state index is 0.0963. The highest BCUT2D eigenvalue weighted by Crippen LogP contribution is 2.32. The third kappa shape index (κ3) is 0.949. The van der Waals surface area contributed by atoms with Crippen LogP contribution < -0.4 is 5.32 Å². The van der Waals surface area contributed by atoms with Crippen molar-refractivity contribution in [1.29, 1.82) is 0 Å². The molecule has 0 spiro atoms. The van der Waals surface area contributed by atoms with E-state index >= 15 is 0 Å². The molecule has 0 aromatic heterocycles. The van der Waals surface area contributed by atoms with Gasteiger partial charge in [0.15, 0.2) is 0 Å². The van der Waals surface area contributed by atoms with Crippen molar-refractivity contribution in [3.05, 3.63) is 0 Å². The van der Waals surface area contributed by atoms with Crippen molar-refractivity contribution >= 4 is 6.41 Å². The average Bonchev–Trinajstić information content (AvgIpc) is 2.58. The van der Waals surface area contributed by atoms with Gasteiger partial charge in [-0.25, -0.2) is 0 Å². The molecule has 4 nitrogen and oxygen atoms in total. The molecule has 2 heterocycles. The molecule has 0 aliphatic carbocycles. The molecule has 2 aliphatic rings. The number of hydrogen-bond donors (Lipinski definition) is 1. The molecule has 2 rings (SSSR count). The molecule has 0 radical (unpaired) electrons. The molecule has 0 aromatic rings. The van der Waals surface area contributed by atoms with Crippen molar-refractivity contribution in [3.8, 4) is 0 Å². The Kier molecular flexibility index (Phi) is 1.81. The number of fused-ring (bicyclic) bond motifs is 1. The van der Waals surface area contributed by atoms with Gasteiger partial charge in [-0.15, -0.1) is 0 Å². The molecule has 2 atom stereocenters. The van der Waals surface area contributed by atoms with Crippen LogP contribution >= 0.6 is 0 Å². The Morgan fingerprint density at radius 2 is 2.58 bits per heavy atom. The number of rotatable bonds is 2. The molecule has 0 unspecified atom stereocenters. The third-order valence-electron chi connectivity index (χ3n) is 3.04. The summed E-state index contributed by atoms with van der Waals surface area (Å²) in [7, 11) is 1.73. The predicted octanol–water partition coefficient (Wildman–Crippen LogP) is -0.937. The van der Waals surface area contributed by atoms with Crippen LogP contribution in [-0.4, -0.2) is 50.2 Å². The molecule has 0 saturated carbocycles.